The number of nitrogens with one attached hydrogen (secondary N) is 6. The maximum Gasteiger partial charge on any atom is 0.268 e. The summed E-state index contributed by atoms with van der Waals surface area (Å²) in [6, 6.07) is 10.8. The molecule has 3 atom stereocenters. The molecule has 3 aromatic rings. The molecule has 4 saturated carbocycles. The Labute approximate surface area is 555 Å². The fourth-order valence-corrected chi connectivity index (χ4v) is 14.2. The molecular formula is C69H96F2N12O12. The van der Waals surface area contributed by atoms with E-state index in [1.807, 2.05) is 30.1 Å². The molecular weight excluding hydrogens is 1230 g/mol. The van der Waals surface area contributed by atoms with Crippen LogP contribution in [0.15, 0.2) is 55.0 Å². The lowest BCUT2D eigenvalue weighted by Gasteiger charge is -2.30. The molecule has 24 nitrogen and oxygen atoms in total. The molecule has 6 aliphatic rings. The van der Waals surface area contributed by atoms with E-state index < -0.39 is 49.2 Å². The average molecular weight is 1320 g/mol. The second-order valence-corrected chi connectivity index (χ2v) is 26.5. The monoisotopic (exact) mass is 1320 g/mol. The number of pyridine rings is 2. The molecule has 0 spiro atoms. The van der Waals surface area contributed by atoms with Crippen LogP contribution in [0.1, 0.15) is 163 Å². The van der Waals surface area contributed by atoms with E-state index in [1.165, 1.54) is 12.3 Å². The molecule has 2 aliphatic heterocycles. The molecule has 4 aliphatic carbocycles. The van der Waals surface area contributed by atoms with Crippen molar-refractivity contribution in [1.82, 2.24) is 51.7 Å². The molecule has 2 aromatic heterocycles. The zero-order valence-electron chi connectivity index (χ0n) is 55.0. The first-order valence-corrected chi connectivity index (χ1v) is 34.4. The number of anilines is 1. The molecule has 1 aromatic carbocycles. The summed E-state index contributed by atoms with van der Waals surface area (Å²) < 4.78 is 52.3. The Balaban J connectivity index is 0.533. The summed E-state index contributed by atoms with van der Waals surface area (Å²) in [7, 11) is 3.59. The van der Waals surface area contributed by atoms with Crippen molar-refractivity contribution in [3.8, 4) is 6.07 Å². The van der Waals surface area contributed by atoms with Crippen molar-refractivity contribution >= 4 is 63.8 Å². The number of carbonyl (C=O) groups excluding carboxylic acids is 8. The van der Waals surface area contributed by atoms with Gasteiger partial charge in [-0.25, -0.2) is 8.78 Å². The quantitative estimate of drug-likeness (QED) is 0.0420. The number of aromatic nitrogens is 2. The normalized spacial score (nSPS) is 25.8. The van der Waals surface area contributed by atoms with Gasteiger partial charge in [0, 0.05) is 133 Å². The molecule has 26 heteroatoms. The van der Waals surface area contributed by atoms with E-state index in [9.17, 15) is 52.4 Å². The fourth-order valence-electron chi connectivity index (χ4n) is 14.2. The topological polar surface area (TPSA) is 305 Å². The van der Waals surface area contributed by atoms with E-state index >= 15 is 0 Å². The summed E-state index contributed by atoms with van der Waals surface area (Å²) in [5, 5.41) is 27.7. The highest BCUT2D eigenvalue weighted by Crippen LogP contribution is 2.37. The molecule has 4 heterocycles. The van der Waals surface area contributed by atoms with Crippen molar-refractivity contribution in [2.45, 2.75) is 196 Å². The molecule has 6 N–H and O–H groups in total. The van der Waals surface area contributed by atoms with Gasteiger partial charge >= 0.3 is 0 Å². The number of nitriles is 1. The molecule has 0 bridgehead atoms. The van der Waals surface area contributed by atoms with Crippen molar-refractivity contribution in [2.24, 2.45) is 17.8 Å². The van der Waals surface area contributed by atoms with Crippen LogP contribution < -0.4 is 36.8 Å². The summed E-state index contributed by atoms with van der Waals surface area (Å²) in [4.78, 5) is 116. The number of halogens is 2. The van der Waals surface area contributed by atoms with E-state index in [0.29, 0.717) is 115 Å². The van der Waals surface area contributed by atoms with Gasteiger partial charge in [0.05, 0.1) is 79.8 Å². The summed E-state index contributed by atoms with van der Waals surface area (Å²) in [6.07, 6.45) is 19.5. The minimum Gasteiger partial charge on any atom is -0.378 e. The number of likely N-dealkylation sites (N-methyl/N-ethyl adjacent to an activating group) is 1. The number of benzene rings is 1. The Morgan fingerprint density at radius 1 is 0.674 bits per heavy atom. The van der Waals surface area contributed by atoms with Crippen LogP contribution in [0.5, 0.6) is 0 Å². The smallest absolute Gasteiger partial charge is 0.268 e. The second-order valence-electron chi connectivity index (χ2n) is 26.5. The van der Waals surface area contributed by atoms with E-state index in [4.69, 9.17) is 18.9 Å². The van der Waals surface area contributed by atoms with Crippen LogP contribution in [0.3, 0.4) is 0 Å². The third-order valence-electron chi connectivity index (χ3n) is 19.7. The van der Waals surface area contributed by atoms with Gasteiger partial charge in [0.15, 0.2) is 0 Å². The van der Waals surface area contributed by atoms with Gasteiger partial charge in [-0.1, -0.05) is 6.07 Å². The molecule has 9 rings (SSSR count). The second kappa shape index (κ2) is 35.5. The van der Waals surface area contributed by atoms with Gasteiger partial charge in [0.2, 0.25) is 41.4 Å². The number of ether oxygens (including phenoxy) is 4. The van der Waals surface area contributed by atoms with E-state index in [0.717, 1.165) is 93.2 Å². The van der Waals surface area contributed by atoms with Crippen LogP contribution in [0.2, 0.25) is 0 Å². The standard InChI is InChI=1S/C69H96F2N12O12/c1-81(50-17-26-59-57(38-50)56(27-29-74-59)67(90)78-43-63(87)83-44-69(70,71)40-51(83)41-72)33-30-75-65(88)45-9-13-48(14-10-45)79-60(84)7-4-34-92-52-18-22-54(23-19-52)94-36-31-76-66(89)46-11-15-49(16-12-46)80-61(85)8-5-35-93-53-20-24-55(25-21-53)95-37-32-77-68(91)58-39-62(86)82(2)64(58)47-6-3-28-73-42-47/h3,6,17,26-29,38,42,45-46,48-49,51-55,58,64H,4-5,7-16,18-25,30-37,39-40,43-44H2,1-2H3,(H,75,88)(H,76,89)(H,77,91)(H,78,90)(H,79,84)(H,80,85)/t45?,46?,48?,49?,51-,52?,53?,54?,55?,58-,64+/m0/s1. The molecule has 2 saturated heterocycles. The van der Waals surface area contributed by atoms with Crippen LogP contribution in [-0.2, 0) is 52.5 Å². The van der Waals surface area contributed by atoms with Crippen molar-refractivity contribution in [3.05, 3.63) is 66.1 Å². The van der Waals surface area contributed by atoms with Gasteiger partial charge in [-0.15, -0.1) is 0 Å². The molecule has 0 radical (unpaired) electrons. The summed E-state index contributed by atoms with van der Waals surface area (Å²) in [5.74, 6) is -5.45. The van der Waals surface area contributed by atoms with Gasteiger partial charge in [0.1, 0.15) is 6.04 Å². The molecule has 6 fully saturated rings. The average Bonchev–Trinajstić information content (AvgIpc) is 1.82. The Morgan fingerprint density at radius 3 is 1.75 bits per heavy atom. The maximum absolute atomic E-state index is 13.9. The molecule has 8 amide bonds. The third kappa shape index (κ3) is 21.3. The van der Waals surface area contributed by atoms with Crippen molar-refractivity contribution in [2.75, 3.05) is 84.7 Å². The van der Waals surface area contributed by atoms with Crippen molar-refractivity contribution in [3.63, 3.8) is 0 Å². The number of nitrogens with zero attached hydrogens (tertiary/aromatic N) is 6. The molecule has 518 valence electrons. The van der Waals surface area contributed by atoms with E-state index in [2.05, 4.69) is 41.9 Å². The number of alkyl halides is 2. The number of amides is 8. The predicted octanol–water partition coefficient (Wildman–Crippen LogP) is 5.72. The van der Waals surface area contributed by atoms with Gasteiger partial charge in [-0.2, -0.15) is 5.26 Å². The van der Waals surface area contributed by atoms with Crippen molar-refractivity contribution < 1.29 is 66.1 Å². The Bertz CT molecular complexity index is 3110. The van der Waals surface area contributed by atoms with Crippen LogP contribution in [0.4, 0.5) is 14.5 Å². The summed E-state index contributed by atoms with van der Waals surface area (Å²) in [5.41, 5.74) is 2.37. The molecule has 95 heavy (non-hydrogen) atoms. The Hall–Kier alpha value is -7.47. The first-order chi connectivity index (χ1) is 45.9. The van der Waals surface area contributed by atoms with Crippen LogP contribution in [0, 0.1) is 29.1 Å². The third-order valence-corrected chi connectivity index (χ3v) is 19.7. The number of hydrogen-bond donors (Lipinski definition) is 6. The van der Waals surface area contributed by atoms with Gasteiger partial charge in [0.25, 0.3) is 11.8 Å². The van der Waals surface area contributed by atoms with Gasteiger partial charge in [-0.05, 0) is 151 Å². The Morgan fingerprint density at radius 2 is 1.21 bits per heavy atom. The number of fused-ring (bicyclic) bond motifs is 1. The number of hydrogen-bond acceptors (Lipinski definition) is 16. The SMILES string of the molecule is CN(CCNC(=O)C1CCC(NC(=O)CCCOC2CCC(OCCNC(=O)C3CCC(NC(=O)CCCOC4CCC(OCCNC(=O)[C@H]5CC(=O)N(C)[C@@H]5c5cccnc5)CC4)CC3)CC2)CC1)c1ccc2nccc(C(=O)NCC(=O)N3CC(F)(F)C[C@H]3C#N)c2c1. The lowest BCUT2D eigenvalue weighted by atomic mass is 9.85. The lowest BCUT2D eigenvalue weighted by Crippen LogP contribution is -2.43. The minimum absolute atomic E-state index is 0.0143. The number of carbonyl (C=O) groups is 8. The number of likely N-dealkylation sites (tertiary alicyclic amines) is 2. The zero-order chi connectivity index (χ0) is 67.3. The van der Waals surface area contributed by atoms with E-state index in [-0.39, 0.29) is 102 Å². The van der Waals surface area contributed by atoms with Crippen LogP contribution in [-0.4, -0.2) is 195 Å². The van der Waals surface area contributed by atoms with Crippen molar-refractivity contribution in [1.29, 1.82) is 5.26 Å². The maximum atomic E-state index is 13.9. The highest BCUT2D eigenvalue weighted by Gasteiger charge is 2.47. The first-order valence-electron chi connectivity index (χ1n) is 34.4. The minimum atomic E-state index is -3.17. The van der Waals surface area contributed by atoms with E-state index in [1.54, 1.807) is 42.5 Å². The largest absolute Gasteiger partial charge is 0.378 e. The predicted molar refractivity (Wildman–Crippen MR) is 347 cm³/mol. The van der Waals surface area contributed by atoms with Gasteiger partial charge < -0.3 is 65.5 Å². The summed E-state index contributed by atoms with van der Waals surface area (Å²) >= 11 is 0. The van der Waals surface area contributed by atoms with Crippen LogP contribution in [0.25, 0.3) is 10.9 Å². The lowest BCUT2D eigenvalue weighted by molar-refractivity contribution is -0.131. The van der Waals surface area contributed by atoms with Gasteiger partial charge in [-0.3, -0.25) is 48.3 Å². The highest BCUT2D eigenvalue weighted by molar-refractivity contribution is 6.07. The zero-order valence-corrected chi connectivity index (χ0v) is 55.0. The molecule has 0 unspecified atom stereocenters. The highest BCUT2D eigenvalue weighted by atomic mass is 19.3. The first kappa shape index (κ1) is 71.8. The Kier molecular flexibility index (Phi) is 26.8. The fraction of sp³-hybridized carbons (Fsp3) is 0.667. The number of rotatable bonds is 31. The van der Waals surface area contributed by atoms with Crippen LogP contribution >= 0.6 is 0 Å². The summed E-state index contributed by atoms with van der Waals surface area (Å²) in [6.45, 7) is 2.10.